The number of benzene rings is 1. The van der Waals surface area contributed by atoms with Crippen LogP contribution in [0, 0.1) is 0 Å². The number of likely N-dealkylation sites (N-methyl/N-ethyl adjacent to an activating group) is 1. The van der Waals surface area contributed by atoms with Crippen molar-refractivity contribution in [2.45, 2.75) is 44.8 Å². The molecule has 0 aliphatic rings. The van der Waals surface area contributed by atoms with Crippen molar-refractivity contribution < 1.29 is 4.74 Å². The van der Waals surface area contributed by atoms with Crippen molar-refractivity contribution >= 4 is 10.9 Å². The molecule has 1 unspecified atom stereocenters. The minimum Gasteiger partial charge on any atom is -0.377 e. The lowest BCUT2D eigenvalue weighted by molar-refractivity contribution is -0.0453. The summed E-state index contributed by atoms with van der Waals surface area (Å²) in [5.41, 5.74) is 2.25. The second-order valence-corrected chi connectivity index (χ2v) is 5.51. The highest BCUT2D eigenvalue weighted by molar-refractivity contribution is 5.81. The summed E-state index contributed by atoms with van der Waals surface area (Å²) in [4.78, 5) is 4.45. The molecule has 0 spiro atoms. The smallest absolute Gasteiger partial charge is 0.0828 e. The fourth-order valence-corrected chi connectivity index (χ4v) is 3.28. The highest BCUT2D eigenvalue weighted by Crippen LogP contribution is 2.28. The molecule has 1 aromatic heterocycles. The lowest BCUT2D eigenvalue weighted by atomic mass is 9.84. The van der Waals surface area contributed by atoms with Crippen LogP contribution in [-0.4, -0.2) is 30.8 Å². The van der Waals surface area contributed by atoms with E-state index in [1.165, 1.54) is 10.9 Å². The molecule has 1 heterocycles. The average Bonchev–Trinajstić information content (AvgIpc) is 2.56. The van der Waals surface area contributed by atoms with Crippen molar-refractivity contribution in [3.63, 3.8) is 0 Å². The summed E-state index contributed by atoms with van der Waals surface area (Å²) >= 11 is 0. The molecule has 2 rings (SSSR count). The summed E-state index contributed by atoms with van der Waals surface area (Å²) in [6.45, 7) is 4.39. The normalized spacial score (nSPS) is 13.5. The minimum absolute atomic E-state index is 0.126. The van der Waals surface area contributed by atoms with Crippen LogP contribution >= 0.6 is 0 Å². The number of nitrogens with one attached hydrogen (secondary N) is 1. The van der Waals surface area contributed by atoms with Gasteiger partial charge >= 0.3 is 0 Å². The Hall–Kier alpha value is -1.45. The predicted octanol–water partition coefficient (Wildman–Crippen LogP) is 3.57. The molecule has 114 valence electrons. The number of fused-ring (bicyclic) bond motifs is 1. The first-order valence-corrected chi connectivity index (χ1v) is 7.75. The first kappa shape index (κ1) is 15.9. The van der Waals surface area contributed by atoms with Crippen molar-refractivity contribution in [3.8, 4) is 0 Å². The summed E-state index contributed by atoms with van der Waals surface area (Å²) in [5, 5.41) is 4.70. The standard InChI is InChI=1S/C18H26N2O/c1-5-18(6-2,21-4)17(19-3)13-14-11-12-20-16-10-8-7-9-15(14)16/h7-12,17,19H,5-6,13H2,1-4H3. The predicted molar refractivity (Wildman–Crippen MR) is 88.6 cm³/mol. The molecular formula is C18H26N2O. The second-order valence-electron chi connectivity index (χ2n) is 5.51. The first-order valence-electron chi connectivity index (χ1n) is 7.75. The van der Waals surface area contributed by atoms with Gasteiger partial charge in [0.25, 0.3) is 0 Å². The van der Waals surface area contributed by atoms with Gasteiger partial charge in [0.2, 0.25) is 0 Å². The monoisotopic (exact) mass is 286 g/mol. The van der Waals surface area contributed by atoms with Crippen molar-refractivity contribution in [3.05, 3.63) is 42.1 Å². The number of pyridine rings is 1. The second kappa shape index (κ2) is 7.01. The van der Waals surface area contributed by atoms with Crippen molar-refractivity contribution in [1.29, 1.82) is 0 Å². The van der Waals surface area contributed by atoms with Crippen molar-refractivity contribution in [2.75, 3.05) is 14.2 Å². The third-order valence-electron chi connectivity index (χ3n) is 4.75. The van der Waals surface area contributed by atoms with Crippen LogP contribution in [0.25, 0.3) is 10.9 Å². The van der Waals surface area contributed by atoms with E-state index < -0.39 is 0 Å². The van der Waals surface area contributed by atoms with Gasteiger partial charge in [-0.25, -0.2) is 0 Å². The Morgan fingerprint density at radius 1 is 1.19 bits per heavy atom. The highest BCUT2D eigenvalue weighted by atomic mass is 16.5. The zero-order valence-corrected chi connectivity index (χ0v) is 13.5. The molecule has 3 nitrogen and oxygen atoms in total. The van der Waals surface area contributed by atoms with E-state index in [4.69, 9.17) is 4.74 Å². The van der Waals surface area contributed by atoms with E-state index in [2.05, 4.69) is 48.4 Å². The van der Waals surface area contributed by atoms with Crippen LogP contribution in [0.1, 0.15) is 32.3 Å². The number of rotatable bonds is 7. The van der Waals surface area contributed by atoms with E-state index in [0.717, 1.165) is 24.8 Å². The quantitative estimate of drug-likeness (QED) is 0.845. The first-order chi connectivity index (χ1) is 10.2. The fourth-order valence-electron chi connectivity index (χ4n) is 3.28. The molecule has 1 N–H and O–H groups in total. The number of para-hydroxylation sites is 1. The Labute approximate surface area is 127 Å². The largest absolute Gasteiger partial charge is 0.377 e. The molecule has 21 heavy (non-hydrogen) atoms. The number of ether oxygens (including phenoxy) is 1. The SMILES string of the molecule is CCC(CC)(OC)C(Cc1ccnc2ccccc12)NC. The van der Waals surface area contributed by atoms with Crippen LogP contribution in [0.3, 0.4) is 0 Å². The van der Waals surface area contributed by atoms with Crippen LogP contribution in [0.5, 0.6) is 0 Å². The Balaban J connectivity index is 2.37. The summed E-state index contributed by atoms with van der Waals surface area (Å²) in [7, 11) is 3.84. The Morgan fingerprint density at radius 3 is 2.52 bits per heavy atom. The summed E-state index contributed by atoms with van der Waals surface area (Å²) in [5.74, 6) is 0. The van der Waals surface area contributed by atoms with E-state index in [0.29, 0.717) is 0 Å². The number of methoxy groups -OCH3 is 1. The Morgan fingerprint density at radius 2 is 1.90 bits per heavy atom. The molecule has 0 aliphatic carbocycles. The molecule has 1 atom stereocenters. The van der Waals surface area contributed by atoms with Crippen molar-refractivity contribution in [1.82, 2.24) is 10.3 Å². The van der Waals surface area contributed by atoms with Gasteiger partial charge in [0, 0.05) is 24.7 Å². The molecule has 0 amide bonds. The number of nitrogens with zero attached hydrogens (tertiary/aromatic N) is 1. The zero-order chi connectivity index (χ0) is 15.3. The van der Waals surface area contributed by atoms with Gasteiger partial charge < -0.3 is 10.1 Å². The molecule has 0 aliphatic heterocycles. The van der Waals surface area contributed by atoms with Gasteiger partial charge in [0.1, 0.15) is 0 Å². The van der Waals surface area contributed by atoms with E-state index in [-0.39, 0.29) is 11.6 Å². The number of hydrogen-bond acceptors (Lipinski definition) is 3. The van der Waals surface area contributed by atoms with Gasteiger partial charge in [-0.15, -0.1) is 0 Å². The number of hydrogen-bond donors (Lipinski definition) is 1. The fraction of sp³-hybridized carbons (Fsp3) is 0.500. The maximum atomic E-state index is 5.90. The molecule has 0 radical (unpaired) electrons. The molecule has 2 aromatic rings. The lowest BCUT2D eigenvalue weighted by Gasteiger charge is -2.38. The van der Waals surface area contributed by atoms with Crippen LogP contribution in [0.2, 0.25) is 0 Å². The molecule has 0 fully saturated rings. The van der Waals surface area contributed by atoms with Gasteiger partial charge in [0.15, 0.2) is 0 Å². The average molecular weight is 286 g/mol. The van der Waals surface area contributed by atoms with Crippen molar-refractivity contribution in [2.24, 2.45) is 0 Å². The van der Waals surface area contributed by atoms with E-state index in [9.17, 15) is 0 Å². The van der Waals surface area contributed by atoms with E-state index >= 15 is 0 Å². The highest BCUT2D eigenvalue weighted by Gasteiger charge is 2.35. The van der Waals surface area contributed by atoms with Gasteiger partial charge in [-0.05, 0) is 44.0 Å². The third kappa shape index (κ3) is 3.09. The zero-order valence-electron chi connectivity index (χ0n) is 13.5. The Kier molecular flexibility index (Phi) is 5.32. The third-order valence-corrected chi connectivity index (χ3v) is 4.75. The minimum atomic E-state index is -0.126. The van der Waals surface area contributed by atoms with Gasteiger partial charge in [0.05, 0.1) is 11.1 Å². The van der Waals surface area contributed by atoms with Crippen LogP contribution in [0.4, 0.5) is 0 Å². The molecule has 3 heteroatoms. The van der Waals surface area contributed by atoms with Gasteiger partial charge in [-0.1, -0.05) is 32.0 Å². The van der Waals surface area contributed by atoms with Gasteiger partial charge in [-0.3, -0.25) is 4.98 Å². The van der Waals surface area contributed by atoms with Crippen LogP contribution in [0.15, 0.2) is 36.5 Å². The maximum absolute atomic E-state index is 5.90. The summed E-state index contributed by atoms with van der Waals surface area (Å²) < 4.78 is 5.90. The molecule has 0 saturated carbocycles. The van der Waals surface area contributed by atoms with Crippen LogP contribution in [-0.2, 0) is 11.2 Å². The summed E-state index contributed by atoms with van der Waals surface area (Å²) in [6, 6.07) is 10.7. The van der Waals surface area contributed by atoms with Crippen LogP contribution < -0.4 is 5.32 Å². The van der Waals surface area contributed by atoms with E-state index in [1.54, 1.807) is 0 Å². The molecule has 1 aromatic carbocycles. The van der Waals surface area contributed by atoms with Gasteiger partial charge in [-0.2, -0.15) is 0 Å². The maximum Gasteiger partial charge on any atom is 0.0828 e. The topological polar surface area (TPSA) is 34.1 Å². The number of aromatic nitrogens is 1. The molecule has 0 bridgehead atoms. The molecule has 0 saturated heterocycles. The molecular weight excluding hydrogens is 260 g/mol. The van der Waals surface area contributed by atoms with E-state index in [1.807, 2.05) is 26.4 Å². The Bertz CT molecular complexity index is 565. The lowest BCUT2D eigenvalue weighted by Crippen LogP contribution is -2.51. The summed E-state index contributed by atoms with van der Waals surface area (Å²) in [6.07, 6.45) is 4.83.